The van der Waals surface area contributed by atoms with E-state index in [4.69, 9.17) is 18.9 Å². The molecule has 0 saturated carbocycles. The topological polar surface area (TPSA) is 61.0 Å². The van der Waals surface area contributed by atoms with Gasteiger partial charge in [0, 0.05) is 41.5 Å². The van der Waals surface area contributed by atoms with Gasteiger partial charge in [-0.3, -0.25) is 0 Å². The number of nitrogens with one attached hydrogen (secondary N) is 2. The molecule has 0 aromatic heterocycles. The van der Waals surface area contributed by atoms with E-state index in [1.807, 2.05) is 0 Å². The van der Waals surface area contributed by atoms with Crippen LogP contribution in [-0.2, 0) is 18.9 Å². The summed E-state index contributed by atoms with van der Waals surface area (Å²) in [6.45, 7) is 4.14. The fourth-order valence-electron chi connectivity index (χ4n) is 1.82. The van der Waals surface area contributed by atoms with Crippen molar-refractivity contribution in [2.75, 3.05) is 54.6 Å². The van der Waals surface area contributed by atoms with Gasteiger partial charge in [-0.2, -0.15) is 0 Å². The van der Waals surface area contributed by atoms with Crippen LogP contribution >= 0.6 is 0 Å². The highest BCUT2D eigenvalue weighted by Gasteiger charge is 2.05. The van der Waals surface area contributed by atoms with E-state index >= 15 is 0 Å². The number of hydrogen-bond acceptors (Lipinski definition) is 6. The Morgan fingerprint density at radius 3 is 1.32 bits per heavy atom. The van der Waals surface area contributed by atoms with Gasteiger partial charge in [0.15, 0.2) is 0 Å². The Kier molecular flexibility index (Phi) is 17.7. The Morgan fingerprint density at radius 1 is 0.636 bits per heavy atom. The van der Waals surface area contributed by atoms with Crippen molar-refractivity contribution >= 4 is 19.0 Å². The van der Waals surface area contributed by atoms with Crippen LogP contribution in [0.3, 0.4) is 0 Å². The smallest absolute Gasteiger partial charge is 0.136 e. The van der Waals surface area contributed by atoms with Crippen LogP contribution in [-0.4, -0.2) is 85.5 Å². The summed E-state index contributed by atoms with van der Waals surface area (Å²) in [5, 5.41) is 6.89. The first kappa shape index (κ1) is 22.2. The molecule has 22 heavy (non-hydrogen) atoms. The van der Waals surface area contributed by atoms with Crippen molar-refractivity contribution < 1.29 is 18.9 Å². The summed E-state index contributed by atoms with van der Waals surface area (Å²) in [6, 6.07) is 2.29. The van der Waals surface area contributed by atoms with Crippen LogP contribution in [0.2, 0.25) is 12.1 Å². The van der Waals surface area contributed by atoms with Crippen LogP contribution in [0.4, 0.5) is 0 Å². The van der Waals surface area contributed by atoms with Gasteiger partial charge in [0.05, 0.1) is 0 Å². The predicted octanol–water partition coefficient (Wildman–Crippen LogP) is 0.344. The molecular formula is C14H32N2O4Si2. The molecule has 0 rings (SSSR count). The molecule has 4 radical (unpaired) electrons. The summed E-state index contributed by atoms with van der Waals surface area (Å²) in [7, 11) is 8.19. The Hall–Kier alpha value is 0.194. The molecule has 0 spiro atoms. The van der Waals surface area contributed by atoms with Gasteiger partial charge in [-0.25, -0.2) is 0 Å². The standard InChI is InChI=1S/C14H32N2O4Si2/c1-17-13(18-2)21-11-5-7-15-9-10-16-8-6-12-22-14(19-3)20-4/h13-16H,5-12H2,1-4H3. The Balaban J connectivity index is 3.14. The van der Waals surface area contributed by atoms with Crippen molar-refractivity contribution in [3.05, 3.63) is 0 Å². The lowest BCUT2D eigenvalue weighted by atomic mass is 10.4. The number of ether oxygens (including phenoxy) is 4. The van der Waals surface area contributed by atoms with Crippen LogP contribution in [0.1, 0.15) is 12.8 Å². The van der Waals surface area contributed by atoms with Gasteiger partial charge in [0.1, 0.15) is 30.9 Å². The molecule has 0 atom stereocenters. The van der Waals surface area contributed by atoms with Gasteiger partial charge in [0.2, 0.25) is 0 Å². The van der Waals surface area contributed by atoms with E-state index in [1.165, 1.54) is 0 Å². The van der Waals surface area contributed by atoms with E-state index in [0.29, 0.717) is 19.0 Å². The minimum Gasteiger partial charge on any atom is -0.360 e. The molecule has 0 aliphatic heterocycles. The molecule has 8 heteroatoms. The van der Waals surface area contributed by atoms with Crippen LogP contribution in [0.15, 0.2) is 0 Å². The summed E-state index contributed by atoms with van der Waals surface area (Å²) < 4.78 is 20.7. The lowest BCUT2D eigenvalue weighted by Gasteiger charge is -2.12. The predicted molar refractivity (Wildman–Crippen MR) is 91.7 cm³/mol. The van der Waals surface area contributed by atoms with Crippen molar-refractivity contribution in [2.45, 2.75) is 36.8 Å². The van der Waals surface area contributed by atoms with Gasteiger partial charge < -0.3 is 29.6 Å². The van der Waals surface area contributed by atoms with Gasteiger partial charge >= 0.3 is 0 Å². The molecule has 0 aliphatic rings. The number of rotatable bonds is 17. The molecular weight excluding hydrogens is 316 g/mol. The van der Waals surface area contributed by atoms with E-state index < -0.39 is 0 Å². The number of methoxy groups -OCH3 is 4. The Labute approximate surface area is 140 Å². The molecule has 0 saturated heterocycles. The van der Waals surface area contributed by atoms with Crippen molar-refractivity contribution in [3.8, 4) is 0 Å². The van der Waals surface area contributed by atoms with Crippen molar-refractivity contribution in [1.82, 2.24) is 10.6 Å². The first-order chi connectivity index (χ1) is 10.8. The van der Waals surface area contributed by atoms with E-state index in [1.54, 1.807) is 28.4 Å². The lowest BCUT2D eigenvalue weighted by molar-refractivity contribution is -0.0442. The van der Waals surface area contributed by atoms with E-state index in [0.717, 1.165) is 51.1 Å². The maximum atomic E-state index is 5.16. The molecule has 0 amide bonds. The molecule has 0 bridgehead atoms. The zero-order chi connectivity index (χ0) is 16.5. The zero-order valence-corrected chi connectivity index (χ0v) is 16.4. The summed E-state index contributed by atoms with van der Waals surface area (Å²) in [5.41, 5.74) is 0. The van der Waals surface area contributed by atoms with E-state index in [-0.39, 0.29) is 11.8 Å². The molecule has 0 aliphatic carbocycles. The van der Waals surface area contributed by atoms with Crippen LogP contribution in [0.25, 0.3) is 0 Å². The second-order valence-corrected chi connectivity index (χ2v) is 7.48. The summed E-state index contributed by atoms with van der Waals surface area (Å²) in [6.07, 6.45) is 2.33. The van der Waals surface area contributed by atoms with Crippen LogP contribution < -0.4 is 10.6 Å². The normalized spacial score (nSPS) is 11.7. The van der Waals surface area contributed by atoms with Crippen molar-refractivity contribution in [3.63, 3.8) is 0 Å². The second-order valence-electron chi connectivity index (χ2n) is 4.72. The van der Waals surface area contributed by atoms with Crippen molar-refractivity contribution in [2.24, 2.45) is 0 Å². The Morgan fingerprint density at radius 2 is 1.00 bits per heavy atom. The highest BCUT2D eigenvalue weighted by molar-refractivity contribution is 6.36. The molecule has 130 valence electrons. The average Bonchev–Trinajstić information content (AvgIpc) is 2.55. The summed E-state index contributed by atoms with van der Waals surface area (Å²) >= 11 is 0. The van der Waals surface area contributed by atoms with Gasteiger partial charge in [-0.1, -0.05) is 12.1 Å². The molecule has 0 unspecified atom stereocenters. The highest BCUT2D eigenvalue weighted by Crippen LogP contribution is 1.96. The van der Waals surface area contributed by atoms with Gasteiger partial charge in [0.25, 0.3) is 0 Å². The largest absolute Gasteiger partial charge is 0.360 e. The van der Waals surface area contributed by atoms with Gasteiger partial charge in [-0.05, 0) is 25.9 Å². The molecule has 0 fully saturated rings. The monoisotopic (exact) mass is 348 g/mol. The quantitative estimate of drug-likeness (QED) is 0.225. The highest BCUT2D eigenvalue weighted by atomic mass is 28.2. The zero-order valence-electron chi connectivity index (χ0n) is 14.4. The molecule has 6 nitrogen and oxygen atoms in total. The SMILES string of the molecule is COC(OC)[Si]CCCNCCNCCC[Si]C(OC)OC. The minimum atomic E-state index is -0.0295. The van der Waals surface area contributed by atoms with E-state index in [9.17, 15) is 0 Å². The fourth-order valence-corrected chi connectivity index (χ4v) is 3.72. The Bertz CT molecular complexity index is 199. The third-order valence-corrected chi connectivity index (χ3v) is 5.91. The molecule has 2 N–H and O–H groups in total. The average molecular weight is 349 g/mol. The second kappa shape index (κ2) is 17.5. The minimum absolute atomic E-state index is 0.0295. The summed E-state index contributed by atoms with van der Waals surface area (Å²) in [5.74, 6) is -0.0589. The van der Waals surface area contributed by atoms with Crippen LogP contribution in [0, 0.1) is 0 Å². The first-order valence-corrected chi connectivity index (χ1v) is 10.3. The lowest BCUT2D eigenvalue weighted by Crippen LogP contribution is -2.29. The third kappa shape index (κ3) is 13.8. The molecule has 0 heterocycles. The maximum absolute atomic E-state index is 5.16. The van der Waals surface area contributed by atoms with E-state index in [2.05, 4.69) is 10.6 Å². The molecule has 0 aromatic rings. The molecule has 0 aromatic carbocycles. The fraction of sp³-hybridized carbons (Fsp3) is 1.00. The third-order valence-electron chi connectivity index (χ3n) is 3.02. The number of hydrogen-bond donors (Lipinski definition) is 2. The summed E-state index contributed by atoms with van der Waals surface area (Å²) in [4.78, 5) is 0. The first-order valence-electron chi connectivity index (χ1n) is 7.77. The van der Waals surface area contributed by atoms with Gasteiger partial charge in [-0.15, -0.1) is 0 Å². The maximum Gasteiger partial charge on any atom is 0.136 e. The van der Waals surface area contributed by atoms with Crippen molar-refractivity contribution in [1.29, 1.82) is 0 Å². The van der Waals surface area contributed by atoms with Crippen LogP contribution in [0.5, 0.6) is 0 Å².